The van der Waals surface area contributed by atoms with Crippen molar-refractivity contribution >= 4 is 12.2 Å². The van der Waals surface area contributed by atoms with Crippen molar-refractivity contribution in [2.75, 3.05) is 13.6 Å². The minimum atomic E-state index is -0.0805. The number of aliphatic hydroxyl groups excluding tert-OH is 1. The highest BCUT2D eigenvalue weighted by Gasteiger charge is 2.08. The number of rotatable bonds is 6. The van der Waals surface area contributed by atoms with E-state index in [1.54, 1.807) is 9.25 Å². The molecule has 0 saturated heterocycles. The van der Waals surface area contributed by atoms with Crippen LogP contribution in [0.5, 0.6) is 0 Å². The Labute approximate surface area is 108 Å². The zero-order chi connectivity index (χ0) is 13.0. The van der Waals surface area contributed by atoms with Crippen LogP contribution in [0.25, 0.3) is 0 Å². The summed E-state index contributed by atoms with van der Waals surface area (Å²) in [4.78, 5) is 2.18. The average molecular weight is 258 g/mol. The number of hydrogen-bond donors (Lipinski definition) is 1. The molecular formula is C11H22N4OS. The standard InChI is InChI=1S/C11H22N4OS/c1-9(2)5-6-13(3)8-15-11(17)14(4)10(7-16)12-15/h9,16H,5-8H2,1-4H3. The lowest BCUT2D eigenvalue weighted by Gasteiger charge is -2.17. The molecule has 1 rings (SSSR count). The van der Waals surface area contributed by atoms with Crippen molar-refractivity contribution < 1.29 is 5.11 Å². The SMILES string of the molecule is CC(C)CCN(C)Cn1nc(CO)n(C)c1=S. The average Bonchev–Trinajstić information content (AvgIpc) is 2.54. The fourth-order valence-electron chi connectivity index (χ4n) is 1.54. The molecule has 0 aliphatic rings. The third kappa shape index (κ3) is 3.90. The zero-order valence-electron chi connectivity index (χ0n) is 11.1. The summed E-state index contributed by atoms with van der Waals surface area (Å²) in [7, 11) is 3.88. The molecule has 1 N–H and O–H groups in total. The summed E-state index contributed by atoms with van der Waals surface area (Å²) in [5.41, 5.74) is 0. The second kappa shape index (κ2) is 6.28. The summed E-state index contributed by atoms with van der Waals surface area (Å²) in [6, 6.07) is 0. The van der Waals surface area contributed by atoms with Crippen LogP contribution in [0.3, 0.4) is 0 Å². The summed E-state index contributed by atoms with van der Waals surface area (Å²) >= 11 is 5.26. The minimum Gasteiger partial charge on any atom is -0.388 e. The molecule has 0 aliphatic carbocycles. The molecule has 1 aromatic heterocycles. The lowest BCUT2D eigenvalue weighted by atomic mass is 10.1. The third-order valence-corrected chi connectivity index (χ3v) is 3.22. The van der Waals surface area contributed by atoms with E-state index in [2.05, 4.69) is 30.9 Å². The summed E-state index contributed by atoms with van der Waals surface area (Å²) in [5.74, 6) is 1.30. The van der Waals surface area contributed by atoms with Crippen molar-refractivity contribution in [1.29, 1.82) is 0 Å². The van der Waals surface area contributed by atoms with Gasteiger partial charge in [-0.15, -0.1) is 0 Å². The maximum atomic E-state index is 9.11. The molecule has 98 valence electrons. The number of aromatic nitrogens is 3. The number of hydrogen-bond acceptors (Lipinski definition) is 4. The van der Waals surface area contributed by atoms with E-state index in [0.29, 0.717) is 23.2 Å². The van der Waals surface area contributed by atoms with Crippen molar-refractivity contribution in [3.05, 3.63) is 10.6 Å². The molecule has 0 fully saturated rings. The van der Waals surface area contributed by atoms with Crippen LogP contribution < -0.4 is 0 Å². The monoisotopic (exact) mass is 258 g/mol. The van der Waals surface area contributed by atoms with Crippen LogP contribution in [-0.2, 0) is 20.3 Å². The van der Waals surface area contributed by atoms with Gasteiger partial charge < -0.3 is 9.67 Å². The number of aliphatic hydroxyl groups is 1. The quantitative estimate of drug-likeness (QED) is 0.783. The summed E-state index contributed by atoms with van der Waals surface area (Å²) in [6.07, 6.45) is 1.16. The van der Waals surface area contributed by atoms with Crippen molar-refractivity contribution in [3.63, 3.8) is 0 Å². The van der Waals surface area contributed by atoms with E-state index < -0.39 is 0 Å². The van der Waals surface area contributed by atoms with Crippen molar-refractivity contribution in [2.45, 2.75) is 33.5 Å². The Bertz CT molecular complexity index is 410. The zero-order valence-corrected chi connectivity index (χ0v) is 11.9. The lowest BCUT2D eigenvalue weighted by molar-refractivity contribution is 0.234. The van der Waals surface area contributed by atoms with E-state index >= 15 is 0 Å². The first kappa shape index (κ1) is 14.3. The van der Waals surface area contributed by atoms with E-state index in [4.69, 9.17) is 17.3 Å². The molecule has 1 heterocycles. The van der Waals surface area contributed by atoms with Gasteiger partial charge in [0.25, 0.3) is 0 Å². The largest absolute Gasteiger partial charge is 0.388 e. The van der Waals surface area contributed by atoms with Crippen LogP contribution in [0, 0.1) is 10.7 Å². The molecule has 0 atom stereocenters. The first-order valence-electron chi connectivity index (χ1n) is 5.87. The van der Waals surface area contributed by atoms with Crippen molar-refractivity contribution in [1.82, 2.24) is 19.2 Å². The van der Waals surface area contributed by atoms with Crippen LogP contribution >= 0.6 is 12.2 Å². The maximum Gasteiger partial charge on any atom is 0.198 e. The van der Waals surface area contributed by atoms with Crippen LogP contribution in [0.1, 0.15) is 26.1 Å². The highest BCUT2D eigenvalue weighted by atomic mass is 32.1. The Morgan fingerprint density at radius 2 is 2.12 bits per heavy atom. The smallest absolute Gasteiger partial charge is 0.198 e. The molecule has 0 spiro atoms. The Balaban J connectivity index is 2.65. The molecule has 0 unspecified atom stereocenters. The Kier molecular flexibility index (Phi) is 5.30. The molecule has 0 amide bonds. The van der Waals surface area contributed by atoms with E-state index in [9.17, 15) is 0 Å². The summed E-state index contributed by atoms with van der Waals surface area (Å²) in [5, 5.41) is 13.4. The van der Waals surface area contributed by atoms with E-state index in [1.807, 2.05) is 7.05 Å². The van der Waals surface area contributed by atoms with Gasteiger partial charge in [0, 0.05) is 7.05 Å². The van der Waals surface area contributed by atoms with Gasteiger partial charge in [0.05, 0.1) is 6.67 Å². The van der Waals surface area contributed by atoms with E-state index in [1.165, 1.54) is 0 Å². The van der Waals surface area contributed by atoms with Gasteiger partial charge in [-0.3, -0.25) is 4.90 Å². The van der Waals surface area contributed by atoms with Gasteiger partial charge >= 0.3 is 0 Å². The molecule has 6 heteroatoms. The highest BCUT2D eigenvalue weighted by Crippen LogP contribution is 2.03. The maximum absolute atomic E-state index is 9.11. The molecule has 0 radical (unpaired) electrons. The minimum absolute atomic E-state index is 0.0805. The lowest BCUT2D eigenvalue weighted by Crippen LogP contribution is -2.25. The molecule has 5 nitrogen and oxygen atoms in total. The van der Waals surface area contributed by atoms with Gasteiger partial charge in [-0.25, -0.2) is 4.68 Å². The topological polar surface area (TPSA) is 46.2 Å². The second-order valence-corrected chi connectivity index (χ2v) is 5.18. The first-order chi connectivity index (χ1) is 7.95. The Hall–Kier alpha value is -0.720. The van der Waals surface area contributed by atoms with Gasteiger partial charge in [0.15, 0.2) is 10.6 Å². The molecule has 0 aromatic carbocycles. The van der Waals surface area contributed by atoms with Crippen LogP contribution in [0.15, 0.2) is 0 Å². The van der Waals surface area contributed by atoms with Gasteiger partial charge in [-0.2, -0.15) is 5.10 Å². The van der Waals surface area contributed by atoms with Gasteiger partial charge in [-0.1, -0.05) is 13.8 Å². The first-order valence-corrected chi connectivity index (χ1v) is 6.28. The summed E-state index contributed by atoms with van der Waals surface area (Å²) < 4.78 is 4.14. The molecule has 0 bridgehead atoms. The normalized spacial score (nSPS) is 11.7. The van der Waals surface area contributed by atoms with Crippen molar-refractivity contribution in [3.8, 4) is 0 Å². The Morgan fingerprint density at radius 1 is 1.47 bits per heavy atom. The van der Waals surface area contributed by atoms with Crippen LogP contribution in [0.2, 0.25) is 0 Å². The van der Waals surface area contributed by atoms with Crippen LogP contribution in [-0.4, -0.2) is 37.9 Å². The second-order valence-electron chi connectivity index (χ2n) is 4.82. The fourth-order valence-corrected chi connectivity index (χ4v) is 1.74. The molecule has 0 saturated carbocycles. The third-order valence-electron chi connectivity index (χ3n) is 2.74. The fraction of sp³-hybridized carbons (Fsp3) is 0.818. The van der Waals surface area contributed by atoms with Gasteiger partial charge in [-0.05, 0) is 38.1 Å². The molecule has 0 aliphatic heterocycles. The van der Waals surface area contributed by atoms with Crippen LogP contribution in [0.4, 0.5) is 0 Å². The predicted octanol–water partition coefficient (Wildman–Crippen LogP) is 1.38. The highest BCUT2D eigenvalue weighted by molar-refractivity contribution is 7.71. The number of nitrogens with zero attached hydrogens (tertiary/aromatic N) is 4. The Morgan fingerprint density at radius 3 is 2.59 bits per heavy atom. The van der Waals surface area contributed by atoms with Crippen molar-refractivity contribution in [2.24, 2.45) is 13.0 Å². The van der Waals surface area contributed by atoms with E-state index in [-0.39, 0.29) is 6.61 Å². The van der Waals surface area contributed by atoms with E-state index in [0.717, 1.165) is 13.0 Å². The van der Waals surface area contributed by atoms with Gasteiger partial charge in [0.1, 0.15) is 6.61 Å². The molecular weight excluding hydrogens is 236 g/mol. The van der Waals surface area contributed by atoms with Gasteiger partial charge in [0.2, 0.25) is 0 Å². The molecule has 17 heavy (non-hydrogen) atoms. The summed E-state index contributed by atoms with van der Waals surface area (Å²) in [6.45, 7) is 6.03. The molecule has 1 aromatic rings. The predicted molar refractivity (Wildman–Crippen MR) is 70.0 cm³/mol.